The maximum atomic E-state index is 10.6. The van der Waals surface area contributed by atoms with Gasteiger partial charge in [-0.3, -0.25) is 0 Å². The molecule has 1 atom stereocenters. The van der Waals surface area contributed by atoms with Crippen molar-refractivity contribution in [3.8, 4) is 0 Å². The van der Waals surface area contributed by atoms with Crippen molar-refractivity contribution < 1.29 is 9.90 Å². The highest BCUT2D eigenvalue weighted by Crippen LogP contribution is 2.09. The van der Waals surface area contributed by atoms with Crippen molar-refractivity contribution in [1.29, 1.82) is 0 Å². The van der Waals surface area contributed by atoms with E-state index in [1.54, 1.807) is 6.92 Å². The van der Waals surface area contributed by atoms with Crippen molar-refractivity contribution in [1.82, 2.24) is 0 Å². The highest BCUT2D eigenvalue weighted by atomic mass is 16.3. The number of hydrogen-bond acceptors (Lipinski definition) is 2. The Morgan fingerprint density at radius 2 is 1.92 bits per heavy atom. The van der Waals surface area contributed by atoms with Gasteiger partial charge >= 0.3 is 0 Å². The topological polar surface area (TPSA) is 37.3 Å². The van der Waals surface area contributed by atoms with Gasteiger partial charge in [-0.15, -0.1) is 0 Å². The minimum Gasteiger partial charge on any atom is -0.393 e. The third-order valence-corrected chi connectivity index (χ3v) is 2.22. The molecule has 0 aliphatic carbocycles. The molecule has 0 aromatic carbocycles. The molecule has 0 saturated heterocycles. The smallest absolute Gasteiger partial charge is 0.129 e. The second kappa shape index (κ2) is 8.24. The van der Waals surface area contributed by atoms with Crippen LogP contribution in [0, 0.1) is 0 Å². The van der Waals surface area contributed by atoms with Crippen LogP contribution in [0.15, 0.2) is 0 Å². The van der Waals surface area contributed by atoms with Crippen LogP contribution in [0.4, 0.5) is 0 Å². The molecule has 0 bridgehead atoms. The Labute approximate surface area is 81.3 Å². The molecule has 0 fully saturated rings. The van der Waals surface area contributed by atoms with Crippen LogP contribution in [-0.4, -0.2) is 17.0 Å². The van der Waals surface area contributed by atoms with Crippen molar-refractivity contribution in [2.45, 2.75) is 64.9 Å². The van der Waals surface area contributed by atoms with E-state index in [1.807, 2.05) is 0 Å². The molecule has 13 heavy (non-hydrogen) atoms. The van der Waals surface area contributed by atoms with Crippen LogP contribution in [0.25, 0.3) is 0 Å². The average molecular weight is 186 g/mol. The Bertz CT molecular complexity index is 132. The maximum Gasteiger partial charge on any atom is 0.129 e. The van der Waals surface area contributed by atoms with E-state index in [-0.39, 0.29) is 11.9 Å². The highest BCUT2D eigenvalue weighted by Gasteiger charge is 2.04. The zero-order valence-electron chi connectivity index (χ0n) is 8.88. The number of carbonyl (C=O) groups excluding carboxylic acids is 1. The third kappa shape index (κ3) is 9.54. The fourth-order valence-electron chi connectivity index (χ4n) is 1.32. The van der Waals surface area contributed by atoms with Crippen molar-refractivity contribution in [3.63, 3.8) is 0 Å². The summed E-state index contributed by atoms with van der Waals surface area (Å²) in [5, 5.41) is 9.45. The van der Waals surface area contributed by atoms with Crippen LogP contribution < -0.4 is 0 Å². The van der Waals surface area contributed by atoms with Gasteiger partial charge in [0.15, 0.2) is 0 Å². The van der Waals surface area contributed by atoms with E-state index < -0.39 is 0 Å². The Balaban J connectivity index is 3.19. The van der Waals surface area contributed by atoms with Crippen LogP contribution in [0.5, 0.6) is 0 Å². The standard InChI is InChI=1S/C11H22O2/c1-3-4-5-6-7-11(13)9-8-10(2)12/h11,13H,3-9H2,1-2H3. The number of rotatable bonds is 8. The van der Waals surface area contributed by atoms with E-state index in [1.165, 1.54) is 19.3 Å². The molecule has 1 N–H and O–H groups in total. The van der Waals surface area contributed by atoms with Crippen LogP contribution in [0.2, 0.25) is 0 Å². The predicted octanol–water partition coefficient (Wildman–Crippen LogP) is 2.69. The largest absolute Gasteiger partial charge is 0.393 e. The number of hydrogen-bond donors (Lipinski definition) is 1. The minimum absolute atomic E-state index is 0.174. The lowest BCUT2D eigenvalue weighted by Gasteiger charge is -2.08. The zero-order chi connectivity index (χ0) is 10.1. The molecule has 0 amide bonds. The molecule has 0 aromatic rings. The summed E-state index contributed by atoms with van der Waals surface area (Å²) in [6.07, 6.45) is 6.52. The first-order valence-corrected chi connectivity index (χ1v) is 5.34. The van der Waals surface area contributed by atoms with E-state index in [0.717, 1.165) is 12.8 Å². The molecule has 0 aliphatic rings. The maximum absolute atomic E-state index is 10.6. The molecular formula is C11H22O2. The van der Waals surface area contributed by atoms with Crippen molar-refractivity contribution in [2.24, 2.45) is 0 Å². The second-order valence-corrected chi connectivity index (χ2v) is 3.74. The van der Waals surface area contributed by atoms with Crippen molar-refractivity contribution >= 4 is 5.78 Å². The lowest BCUT2D eigenvalue weighted by atomic mass is 10.0. The summed E-state index contributed by atoms with van der Waals surface area (Å²) in [6.45, 7) is 3.75. The Kier molecular flexibility index (Phi) is 8.00. The lowest BCUT2D eigenvalue weighted by molar-refractivity contribution is -0.117. The van der Waals surface area contributed by atoms with Gasteiger partial charge in [0.25, 0.3) is 0 Å². The minimum atomic E-state index is -0.263. The van der Waals surface area contributed by atoms with E-state index in [9.17, 15) is 9.90 Å². The second-order valence-electron chi connectivity index (χ2n) is 3.74. The zero-order valence-corrected chi connectivity index (χ0v) is 8.88. The lowest BCUT2D eigenvalue weighted by Crippen LogP contribution is -2.08. The summed E-state index contributed by atoms with van der Waals surface area (Å²) in [4.78, 5) is 10.6. The first-order valence-electron chi connectivity index (χ1n) is 5.34. The predicted molar refractivity (Wildman–Crippen MR) is 54.7 cm³/mol. The Morgan fingerprint density at radius 1 is 1.23 bits per heavy atom. The number of Topliss-reactive ketones (excluding diaryl/α,β-unsaturated/α-hetero) is 1. The number of unbranched alkanes of at least 4 members (excludes halogenated alkanes) is 3. The van der Waals surface area contributed by atoms with Crippen LogP contribution in [0.1, 0.15) is 58.8 Å². The Hall–Kier alpha value is -0.370. The monoisotopic (exact) mass is 186 g/mol. The molecular weight excluding hydrogens is 164 g/mol. The molecule has 0 radical (unpaired) electrons. The first-order chi connectivity index (χ1) is 6.16. The van der Waals surface area contributed by atoms with Gasteiger partial charge in [0.1, 0.15) is 5.78 Å². The number of ketones is 1. The van der Waals surface area contributed by atoms with Gasteiger partial charge in [-0.1, -0.05) is 32.6 Å². The molecule has 2 heteroatoms. The molecule has 0 aliphatic heterocycles. The summed E-state index contributed by atoms with van der Waals surface area (Å²) < 4.78 is 0. The van der Waals surface area contributed by atoms with Gasteiger partial charge in [0.2, 0.25) is 0 Å². The van der Waals surface area contributed by atoms with Crippen LogP contribution in [0.3, 0.4) is 0 Å². The van der Waals surface area contributed by atoms with Gasteiger partial charge in [-0.2, -0.15) is 0 Å². The van der Waals surface area contributed by atoms with Gasteiger partial charge in [0.05, 0.1) is 6.10 Å². The fourth-order valence-corrected chi connectivity index (χ4v) is 1.32. The summed E-state index contributed by atoms with van der Waals surface area (Å²) in [5.41, 5.74) is 0. The summed E-state index contributed by atoms with van der Waals surface area (Å²) in [7, 11) is 0. The SMILES string of the molecule is CCCCCCC(O)CCC(C)=O. The van der Waals surface area contributed by atoms with Gasteiger partial charge in [-0.25, -0.2) is 0 Å². The van der Waals surface area contributed by atoms with Crippen LogP contribution >= 0.6 is 0 Å². The fraction of sp³-hybridized carbons (Fsp3) is 0.909. The van der Waals surface area contributed by atoms with Crippen LogP contribution in [-0.2, 0) is 4.79 Å². The van der Waals surface area contributed by atoms with E-state index in [2.05, 4.69) is 6.92 Å². The normalized spacial score (nSPS) is 12.8. The molecule has 78 valence electrons. The third-order valence-electron chi connectivity index (χ3n) is 2.22. The Morgan fingerprint density at radius 3 is 2.46 bits per heavy atom. The summed E-state index contributed by atoms with van der Waals surface area (Å²) in [5.74, 6) is 0.174. The van der Waals surface area contributed by atoms with Gasteiger partial charge in [-0.05, 0) is 19.8 Å². The molecule has 0 heterocycles. The number of aliphatic hydroxyl groups is 1. The average Bonchev–Trinajstić information content (AvgIpc) is 2.09. The van der Waals surface area contributed by atoms with E-state index >= 15 is 0 Å². The van der Waals surface area contributed by atoms with E-state index in [0.29, 0.717) is 12.8 Å². The van der Waals surface area contributed by atoms with Crippen molar-refractivity contribution in [3.05, 3.63) is 0 Å². The molecule has 0 rings (SSSR count). The molecule has 0 aromatic heterocycles. The molecule has 2 nitrogen and oxygen atoms in total. The summed E-state index contributed by atoms with van der Waals surface area (Å²) >= 11 is 0. The number of aliphatic hydroxyl groups excluding tert-OH is 1. The first kappa shape index (κ1) is 12.6. The highest BCUT2D eigenvalue weighted by molar-refractivity contribution is 5.75. The van der Waals surface area contributed by atoms with Crippen molar-refractivity contribution in [2.75, 3.05) is 0 Å². The van der Waals surface area contributed by atoms with Gasteiger partial charge < -0.3 is 9.90 Å². The number of carbonyl (C=O) groups is 1. The molecule has 0 saturated carbocycles. The van der Waals surface area contributed by atoms with E-state index in [4.69, 9.17) is 0 Å². The summed E-state index contributed by atoms with van der Waals surface area (Å²) in [6, 6.07) is 0. The molecule has 1 unspecified atom stereocenters. The van der Waals surface area contributed by atoms with Gasteiger partial charge in [0, 0.05) is 6.42 Å². The quantitative estimate of drug-likeness (QED) is 0.592. The molecule has 0 spiro atoms.